The van der Waals surface area contributed by atoms with Gasteiger partial charge in [0.15, 0.2) is 6.61 Å². The molecule has 2 aromatic rings. The third-order valence-electron chi connectivity index (χ3n) is 4.24. The zero-order valence-electron chi connectivity index (χ0n) is 17.9. The summed E-state index contributed by atoms with van der Waals surface area (Å²) in [6, 6.07) is 13.6. The Bertz CT molecular complexity index is 1120. The molecule has 3 rings (SSSR count). The number of carbonyl (C=O) groups is 4. The number of imide groups is 1. The first-order valence-electron chi connectivity index (χ1n) is 9.95. The van der Waals surface area contributed by atoms with Gasteiger partial charge in [0.2, 0.25) is 0 Å². The lowest BCUT2D eigenvalue weighted by Crippen LogP contribution is -2.35. The third-order valence-corrected chi connectivity index (χ3v) is 5.48. The molecule has 3 amide bonds. The van der Waals surface area contributed by atoms with Crippen LogP contribution in [0.1, 0.15) is 19.4 Å². The number of para-hydroxylation sites is 2. The first-order valence-corrected chi connectivity index (χ1v) is 11.1. The van der Waals surface area contributed by atoms with Gasteiger partial charge >= 0.3 is 5.97 Å². The predicted octanol–water partition coefficient (Wildman–Crippen LogP) is 4.35. The van der Waals surface area contributed by atoms with Crippen molar-refractivity contribution in [2.24, 2.45) is 0 Å². The average molecular weight is 489 g/mol. The molecule has 33 heavy (non-hydrogen) atoms. The van der Waals surface area contributed by atoms with Gasteiger partial charge in [-0.25, -0.2) is 0 Å². The third kappa shape index (κ3) is 6.59. The Hall–Kier alpha value is -3.30. The number of esters is 1. The molecule has 0 aromatic heterocycles. The van der Waals surface area contributed by atoms with Crippen LogP contribution in [0.5, 0.6) is 5.75 Å². The monoisotopic (exact) mass is 488 g/mol. The molecule has 1 saturated heterocycles. The number of nitrogens with one attached hydrogen (secondary N) is 1. The van der Waals surface area contributed by atoms with Crippen molar-refractivity contribution < 1.29 is 28.7 Å². The number of carbonyl (C=O) groups excluding carboxylic acids is 4. The molecule has 0 bridgehead atoms. The van der Waals surface area contributed by atoms with E-state index in [1.807, 2.05) is 0 Å². The van der Waals surface area contributed by atoms with Crippen molar-refractivity contribution in [3.63, 3.8) is 0 Å². The van der Waals surface area contributed by atoms with Crippen LogP contribution in [0.2, 0.25) is 5.02 Å². The first kappa shape index (κ1) is 24.3. The van der Waals surface area contributed by atoms with E-state index in [1.165, 1.54) is 6.08 Å². The molecule has 0 unspecified atom stereocenters. The quantitative estimate of drug-likeness (QED) is 0.435. The van der Waals surface area contributed by atoms with E-state index in [2.05, 4.69) is 5.32 Å². The van der Waals surface area contributed by atoms with Crippen molar-refractivity contribution >= 4 is 58.1 Å². The van der Waals surface area contributed by atoms with Gasteiger partial charge in [-0.1, -0.05) is 41.9 Å². The molecule has 10 heteroatoms. The molecule has 0 saturated carbocycles. The summed E-state index contributed by atoms with van der Waals surface area (Å²) in [5.41, 5.74) is 0.962. The Morgan fingerprint density at radius 1 is 1.12 bits per heavy atom. The molecule has 1 heterocycles. The largest absolute Gasteiger partial charge is 0.483 e. The molecular weight excluding hydrogens is 468 g/mol. The van der Waals surface area contributed by atoms with Crippen molar-refractivity contribution in [1.29, 1.82) is 0 Å². The summed E-state index contributed by atoms with van der Waals surface area (Å²) in [6.07, 6.45) is 1.13. The predicted molar refractivity (Wildman–Crippen MR) is 126 cm³/mol. The molecule has 1 aliphatic heterocycles. The maximum atomic E-state index is 12.6. The van der Waals surface area contributed by atoms with Gasteiger partial charge in [0.25, 0.3) is 17.1 Å². The second-order valence-electron chi connectivity index (χ2n) is 7.16. The fourth-order valence-corrected chi connectivity index (χ4v) is 3.84. The van der Waals surface area contributed by atoms with Crippen LogP contribution < -0.4 is 10.1 Å². The summed E-state index contributed by atoms with van der Waals surface area (Å²) >= 11 is 6.76. The fraction of sp³-hybridized carbons (Fsp3) is 0.217. The van der Waals surface area contributed by atoms with Crippen LogP contribution in [0, 0.1) is 0 Å². The van der Waals surface area contributed by atoms with Gasteiger partial charge in [-0.2, -0.15) is 0 Å². The van der Waals surface area contributed by atoms with E-state index in [0.717, 1.165) is 4.90 Å². The number of benzene rings is 2. The van der Waals surface area contributed by atoms with E-state index in [0.29, 0.717) is 33.8 Å². The van der Waals surface area contributed by atoms with Crippen molar-refractivity contribution in [1.82, 2.24) is 4.90 Å². The van der Waals surface area contributed by atoms with Crippen LogP contribution in [0.25, 0.3) is 6.08 Å². The van der Waals surface area contributed by atoms with Crippen LogP contribution in [0.4, 0.5) is 10.5 Å². The van der Waals surface area contributed by atoms with E-state index < -0.39 is 29.6 Å². The molecule has 8 nitrogen and oxygen atoms in total. The molecule has 0 atom stereocenters. The van der Waals surface area contributed by atoms with Gasteiger partial charge in [-0.05, 0) is 49.9 Å². The van der Waals surface area contributed by atoms with Gasteiger partial charge in [-0.3, -0.25) is 24.1 Å². The molecular formula is C23H21ClN2O6S. The second-order valence-corrected chi connectivity index (χ2v) is 8.56. The van der Waals surface area contributed by atoms with Crippen LogP contribution in [-0.4, -0.2) is 47.2 Å². The van der Waals surface area contributed by atoms with E-state index in [-0.39, 0.29) is 17.6 Å². The highest BCUT2D eigenvalue weighted by Crippen LogP contribution is 2.34. The van der Waals surface area contributed by atoms with E-state index in [1.54, 1.807) is 62.4 Å². The highest BCUT2D eigenvalue weighted by Gasteiger charge is 2.37. The maximum absolute atomic E-state index is 12.6. The number of rotatable bonds is 8. The number of thioether (sulfide) groups is 1. The lowest BCUT2D eigenvalue weighted by atomic mass is 10.2. The lowest BCUT2D eigenvalue weighted by molar-refractivity contribution is -0.149. The van der Waals surface area contributed by atoms with E-state index in [9.17, 15) is 19.2 Å². The normalized spacial score (nSPS) is 14.7. The summed E-state index contributed by atoms with van der Waals surface area (Å²) in [4.78, 5) is 50.0. The maximum Gasteiger partial charge on any atom is 0.326 e. The first-order chi connectivity index (χ1) is 15.7. The number of anilines is 1. The Balaban J connectivity index is 1.68. The number of hydrogen-bond donors (Lipinski definition) is 1. The molecule has 1 aliphatic rings. The summed E-state index contributed by atoms with van der Waals surface area (Å²) in [5.74, 6) is -1.33. The summed E-state index contributed by atoms with van der Waals surface area (Å²) in [5, 5.41) is 2.50. The molecule has 0 aliphatic carbocycles. The highest BCUT2D eigenvalue weighted by molar-refractivity contribution is 8.18. The van der Waals surface area contributed by atoms with Gasteiger partial charge in [-0.15, -0.1) is 0 Å². The Kier molecular flexibility index (Phi) is 8.13. The number of amides is 3. The summed E-state index contributed by atoms with van der Waals surface area (Å²) in [6.45, 7) is 2.60. The molecule has 0 radical (unpaired) electrons. The van der Waals surface area contributed by atoms with Crippen LogP contribution in [0.3, 0.4) is 0 Å². The topological polar surface area (TPSA) is 102 Å². The molecule has 172 valence electrons. The van der Waals surface area contributed by atoms with Gasteiger partial charge in [0.05, 0.1) is 21.7 Å². The molecule has 0 spiro atoms. The minimum atomic E-state index is -0.665. The minimum Gasteiger partial charge on any atom is -0.483 e. The zero-order chi connectivity index (χ0) is 24.0. The molecule has 1 N–H and O–H groups in total. The van der Waals surface area contributed by atoms with Crippen LogP contribution in [0.15, 0.2) is 53.4 Å². The van der Waals surface area contributed by atoms with Gasteiger partial charge in [0, 0.05) is 5.56 Å². The standard InChI is InChI=1S/C23H21ClN2O6S/c1-14(2)32-21(28)12-26-22(29)19(33-23(26)30)11-15-7-3-6-10-18(15)31-13-20(27)25-17-9-5-4-8-16(17)24/h3-11,14H,12-13H2,1-2H3,(H,25,27)/b19-11-. The van der Waals surface area contributed by atoms with E-state index >= 15 is 0 Å². The Morgan fingerprint density at radius 3 is 2.55 bits per heavy atom. The van der Waals surface area contributed by atoms with Crippen molar-refractivity contribution in [3.8, 4) is 5.75 Å². The SMILES string of the molecule is CC(C)OC(=O)CN1C(=O)S/C(=C\c2ccccc2OCC(=O)Nc2ccccc2Cl)C1=O. The van der Waals surface area contributed by atoms with Crippen molar-refractivity contribution in [2.75, 3.05) is 18.5 Å². The van der Waals surface area contributed by atoms with Crippen molar-refractivity contribution in [3.05, 3.63) is 64.0 Å². The highest BCUT2D eigenvalue weighted by atomic mass is 35.5. The van der Waals surface area contributed by atoms with Crippen LogP contribution in [-0.2, 0) is 19.1 Å². The fourth-order valence-electron chi connectivity index (χ4n) is 2.83. The summed E-state index contributed by atoms with van der Waals surface area (Å²) in [7, 11) is 0. The molecule has 2 aromatic carbocycles. The number of halogens is 1. The molecule has 1 fully saturated rings. The lowest BCUT2D eigenvalue weighted by Gasteiger charge is -2.13. The number of hydrogen-bond acceptors (Lipinski definition) is 7. The Morgan fingerprint density at radius 2 is 1.82 bits per heavy atom. The number of nitrogens with zero attached hydrogens (tertiary/aromatic N) is 1. The zero-order valence-corrected chi connectivity index (χ0v) is 19.4. The number of ether oxygens (including phenoxy) is 2. The van der Waals surface area contributed by atoms with Crippen LogP contribution >= 0.6 is 23.4 Å². The van der Waals surface area contributed by atoms with E-state index in [4.69, 9.17) is 21.1 Å². The minimum absolute atomic E-state index is 0.133. The van der Waals surface area contributed by atoms with Gasteiger partial charge < -0.3 is 14.8 Å². The smallest absolute Gasteiger partial charge is 0.326 e. The second kappa shape index (κ2) is 11.0. The Labute approximate surface area is 199 Å². The van der Waals surface area contributed by atoms with Crippen molar-refractivity contribution in [2.45, 2.75) is 20.0 Å². The average Bonchev–Trinajstić information content (AvgIpc) is 3.01. The van der Waals surface area contributed by atoms with Gasteiger partial charge in [0.1, 0.15) is 12.3 Å². The summed E-state index contributed by atoms with van der Waals surface area (Å²) < 4.78 is 10.6.